The molecule has 4 N–H and O–H groups in total. The molecule has 2 aromatic rings. The minimum absolute atomic E-state index is 0.145. The Hall–Kier alpha value is -1.87. The molecule has 0 saturated carbocycles. The molecule has 1 atom stereocenters. The molecule has 1 aromatic carbocycles. The van der Waals surface area contributed by atoms with Crippen molar-refractivity contribution in [2.45, 2.75) is 13.0 Å². The second kappa shape index (κ2) is 4.33. The van der Waals surface area contributed by atoms with Crippen molar-refractivity contribution < 1.29 is 0 Å². The molecule has 1 heterocycles. The minimum atomic E-state index is -0.145. The third-order valence-electron chi connectivity index (χ3n) is 2.66. The van der Waals surface area contributed by atoms with Crippen molar-refractivity contribution in [2.75, 3.05) is 5.73 Å². The van der Waals surface area contributed by atoms with E-state index in [9.17, 15) is 0 Å². The predicted molar refractivity (Wildman–Crippen MR) is 65.9 cm³/mol. The van der Waals surface area contributed by atoms with E-state index in [1.165, 1.54) is 0 Å². The third-order valence-corrected chi connectivity index (χ3v) is 2.66. The lowest BCUT2D eigenvalue weighted by Crippen LogP contribution is -2.12. The summed E-state index contributed by atoms with van der Waals surface area (Å²) in [6, 6.07) is 11.8. The monoisotopic (exact) mass is 213 g/mol. The maximum Gasteiger partial charge on any atom is 0.126 e. The topological polar surface area (TPSA) is 64.9 Å². The highest BCUT2D eigenvalue weighted by Gasteiger charge is 2.09. The van der Waals surface area contributed by atoms with Crippen LogP contribution in [0, 0.1) is 6.92 Å². The number of benzene rings is 1. The Balaban J connectivity index is 2.34. The summed E-state index contributed by atoms with van der Waals surface area (Å²) in [4.78, 5) is 4.12. The van der Waals surface area contributed by atoms with Crippen molar-refractivity contribution in [3.05, 3.63) is 59.3 Å². The van der Waals surface area contributed by atoms with Crippen LogP contribution >= 0.6 is 0 Å². The maximum atomic E-state index is 6.15. The van der Waals surface area contributed by atoms with Gasteiger partial charge in [0.25, 0.3) is 0 Å². The zero-order valence-corrected chi connectivity index (χ0v) is 9.22. The maximum absolute atomic E-state index is 6.15. The van der Waals surface area contributed by atoms with E-state index in [2.05, 4.69) is 4.98 Å². The van der Waals surface area contributed by atoms with Crippen LogP contribution < -0.4 is 11.5 Å². The fraction of sp³-hybridized carbons (Fsp3) is 0.154. The molecule has 0 radical (unpaired) electrons. The van der Waals surface area contributed by atoms with Gasteiger partial charge in [-0.05, 0) is 29.7 Å². The second-order valence-electron chi connectivity index (χ2n) is 3.86. The van der Waals surface area contributed by atoms with Crippen LogP contribution in [0.25, 0.3) is 0 Å². The van der Waals surface area contributed by atoms with Crippen molar-refractivity contribution in [1.82, 2.24) is 4.98 Å². The summed E-state index contributed by atoms with van der Waals surface area (Å²) in [6.45, 7) is 1.93. The van der Waals surface area contributed by atoms with Crippen molar-refractivity contribution in [3.63, 3.8) is 0 Å². The van der Waals surface area contributed by atoms with E-state index in [0.717, 1.165) is 16.7 Å². The first-order valence-electron chi connectivity index (χ1n) is 5.21. The first-order chi connectivity index (χ1) is 7.68. The van der Waals surface area contributed by atoms with E-state index in [1.807, 2.05) is 43.3 Å². The third kappa shape index (κ3) is 2.04. The van der Waals surface area contributed by atoms with Gasteiger partial charge in [-0.1, -0.05) is 30.3 Å². The lowest BCUT2D eigenvalue weighted by Gasteiger charge is -2.13. The van der Waals surface area contributed by atoms with Gasteiger partial charge in [-0.15, -0.1) is 0 Å². The van der Waals surface area contributed by atoms with Gasteiger partial charge < -0.3 is 11.5 Å². The highest BCUT2D eigenvalue weighted by molar-refractivity contribution is 5.42. The quantitative estimate of drug-likeness (QED) is 0.802. The van der Waals surface area contributed by atoms with E-state index in [0.29, 0.717) is 5.82 Å². The number of pyridine rings is 1. The number of aromatic nitrogens is 1. The largest absolute Gasteiger partial charge is 0.383 e. The van der Waals surface area contributed by atoms with Crippen molar-refractivity contribution >= 4 is 5.82 Å². The Labute approximate surface area is 95.1 Å². The fourth-order valence-electron chi connectivity index (χ4n) is 1.63. The van der Waals surface area contributed by atoms with Crippen LogP contribution in [0.2, 0.25) is 0 Å². The molecule has 16 heavy (non-hydrogen) atoms. The molecule has 0 bridgehead atoms. The van der Waals surface area contributed by atoms with Gasteiger partial charge in [-0.2, -0.15) is 0 Å². The molecule has 0 aliphatic carbocycles. The summed E-state index contributed by atoms with van der Waals surface area (Å²) >= 11 is 0. The van der Waals surface area contributed by atoms with E-state index < -0.39 is 0 Å². The van der Waals surface area contributed by atoms with E-state index >= 15 is 0 Å². The van der Waals surface area contributed by atoms with Gasteiger partial charge in [0, 0.05) is 6.20 Å². The van der Waals surface area contributed by atoms with Gasteiger partial charge in [0.1, 0.15) is 5.82 Å². The predicted octanol–water partition coefficient (Wildman–Crippen LogP) is 2.02. The summed E-state index contributed by atoms with van der Waals surface area (Å²) in [6.07, 6.45) is 1.74. The lowest BCUT2D eigenvalue weighted by molar-refractivity contribution is 0.861. The summed E-state index contributed by atoms with van der Waals surface area (Å²) < 4.78 is 0. The molecule has 1 unspecified atom stereocenters. The Bertz CT molecular complexity index is 480. The van der Waals surface area contributed by atoms with Crippen LogP contribution in [0.15, 0.2) is 42.6 Å². The van der Waals surface area contributed by atoms with Gasteiger partial charge >= 0.3 is 0 Å². The summed E-state index contributed by atoms with van der Waals surface area (Å²) in [7, 11) is 0. The number of hydrogen-bond acceptors (Lipinski definition) is 3. The number of nitrogen functional groups attached to an aromatic ring is 1. The van der Waals surface area contributed by atoms with Gasteiger partial charge in [0.15, 0.2) is 0 Å². The number of aryl methyl sites for hydroxylation is 1. The lowest BCUT2D eigenvalue weighted by atomic mass is 10.0. The molecular weight excluding hydrogens is 198 g/mol. The van der Waals surface area contributed by atoms with E-state index in [-0.39, 0.29) is 6.04 Å². The molecule has 0 aliphatic rings. The molecule has 0 fully saturated rings. The molecule has 82 valence electrons. The Morgan fingerprint density at radius 3 is 2.44 bits per heavy atom. The fourth-order valence-corrected chi connectivity index (χ4v) is 1.63. The Morgan fingerprint density at radius 2 is 1.81 bits per heavy atom. The zero-order valence-electron chi connectivity index (χ0n) is 9.22. The summed E-state index contributed by atoms with van der Waals surface area (Å²) in [5, 5.41) is 0. The first kappa shape index (κ1) is 10.6. The van der Waals surface area contributed by atoms with Gasteiger partial charge in [0.05, 0.1) is 6.04 Å². The SMILES string of the molecule is Cc1cc(C(N)c2ccccc2)cnc1N. The van der Waals surface area contributed by atoms with Crippen molar-refractivity contribution in [2.24, 2.45) is 5.73 Å². The number of nitrogens with zero attached hydrogens (tertiary/aromatic N) is 1. The van der Waals surface area contributed by atoms with E-state index in [4.69, 9.17) is 11.5 Å². The number of rotatable bonds is 2. The van der Waals surface area contributed by atoms with Crippen LogP contribution in [-0.4, -0.2) is 4.98 Å². The molecular formula is C13H15N3. The van der Waals surface area contributed by atoms with Crippen molar-refractivity contribution in [1.29, 1.82) is 0 Å². The Morgan fingerprint density at radius 1 is 1.12 bits per heavy atom. The second-order valence-corrected chi connectivity index (χ2v) is 3.86. The molecule has 3 heteroatoms. The molecule has 0 saturated heterocycles. The number of nitrogens with two attached hydrogens (primary N) is 2. The standard InChI is InChI=1S/C13H15N3/c1-9-7-11(8-16-13(9)15)12(14)10-5-3-2-4-6-10/h2-8,12H,14H2,1H3,(H2,15,16). The normalized spacial score (nSPS) is 12.4. The van der Waals surface area contributed by atoms with Crippen LogP contribution in [0.3, 0.4) is 0 Å². The van der Waals surface area contributed by atoms with Crippen LogP contribution in [0.1, 0.15) is 22.7 Å². The number of hydrogen-bond donors (Lipinski definition) is 2. The van der Waals surface area contributed by atoms with Gasteiger partial charge in [0.2, 0.25) is 0 Å². The zero-order chi connectivity index (χ0) is 11.5. The van der Waals surface area contributed by atoms with Crippen LogP contribution in [0.5, 0.6) is 0 Å². The average Bonchev–Trinajstić information content (AvgIpc) is 2.33. The molecule has 2 rings (SSSR count). The summed E-state index contributed by atoms with van der Waals surface area (Å²) in [5.41, 5.74) is 14.9. The Kier molecular flexibility index (Phi) is 2.88. The minimum Gasteiger partial charge on any atom is -0.383 e. The van der Waals surface area contributed by atoms with Crippen LogP contribution in [-0.2, 0) is 0 Å². The van der Waals surface area contributed by atoms with Crippen LogP contribution in [0.4, 0.5) is 5.82 Å². The smallest absolute Gasteiger partial charge is 0.126 e. The van der Waals surface area contributed by atoms with Gasteiger partial charge in [-0.25, -0.2) is 4.98 Å². The first-order valence-corrected chi connectivity index (χ1v) is 5.21. The number of anilines is 1. The molecule has 0 aliphatic heterocycles. The molecule has 1 aromatic heterocycles. The molecule has 3 nitrogen and oxygen atoms in total. The molecule has 0 spiro atoms. The van der Waals surface area contributed by atoms with Gasteiger partial charge in [-0.3, -0.25) is 0 Å². The highest BCUT2D eigenvalue weighted by atomic mass is 14.8. The highest BCUT2D eigenvalue weighted by Crippen LogP contribution is 2.20. The average molecular weight is 213 g/mol. The summed E-state index contributed by atoms with van der Waals surface area (Å²) in [5.74, 6) is 0.559. The molecule has 0 amide bonds. The van der Waals surface area contributed by atoms with Crippen molar-refractivity contribution in [3.8, 4) is 0 Å². The van der Waals surface area contributed by atoms with E-state index in [1.54, 1.807) is 6.20 Å².